The third kappa shape index (κ3) is 3.74. The summed E-state index contributed by atoms with van der Waals surface area (Å²) in [4.78, 5) is 26.5. The molecule has 148 valence electrons. The number of methoxy groups -OCH3 is 1. The highest BCUT2D eigenvalue weighted by Crippen LogP contribution is 2.43. The minimum atomic E-state index is -0.904. The van der Waals surface area contributed by atoms with Crippen molar-refractivity contribution in [2.75, 3.05) is 40.0 Å². The number of rotatable bonds is 6. The molecule has 7 heteroatoms. The van der Waals surface area contributed by atoms with E-state index in [1.807, 2.05) is 0 Å². The lowest BCUT2D eigenvalue weighted by atomic mass is 9.74. The van der Waals surface area contributed by atoms with Crippen molar-refractivity contribution >= 4 is 11.9 Å². The van der Waals surface area contributed by atoms with Crippen LogP contribution in [0.15, 0.2) is 18.2 Å². The van der Waals surface area contributed by atoms with Crippen molar-refractivity contribution in [1.29, 1.82) is 0 Å². The molecule has 2 aliphatic rings. The Labute approximate surface area is 159 Å². The highest BCUT2D eigenvalue weighted by atomic mass is 16.5. The second kappa shape index (κ2) is 7.76. The van der Waals surface area contributed by atoms with Crippen LogP contribution >= 0.6 is 0 Å². The Hall–Kier alpha value is -2.28. The number of carboxylic acids is 1. The predicted octanol–water partition coefficient (Wildman–Crippen LogP) is 2.29. The number of likely N-dealkylation sites (tertiary alicyclic amines) is 1. The fourth-order valence-electron chi connectivity index (χ4n) is 3.81. The zero-order valence-electron chi connectivity index (χ0n) is 16.1. The molecule has 0 aromatic heterocycles. The molecule has 2 saturated heterocycles. The number of ether oxygens (including phenoxy) is 3. The number of aliphatic carboxylic acids is 1. The normalized spacial score (nSPS) is 24.6. The molecule has 1 aromatic carbocycles. The Balaban J connectivity index is 1.79. The zero-order chi connectivity index (χ0) is 19.6. The number of carboxylic acid groups (broad SMARTS) is 1. The molecule has 2 aliphatic heterocycles. The first-order chi connectivity index (χ1) is 12.9. The maximum absolute atomic E-state index is 13.0. The van der Waals surface area contributed by atoms with E-state index in [2.05, 4.69) is 13.8 Å². The molecule has 0 bridgehead atoms. The first-order valence-corrected chi connectivity index (χ1v) is 9.28. The topological polar surface area (TPSA) is 85.3 Å². The van der Waals surface area contributed by atoms with Gasteiger partial charge in [-0.2, -0.15) is 0 Å². The number of hydrogen-bond acceptors (Lipinski definition) is 5. The summed E-state index contributed by atoms with van der Waals surface area (Å²) in [6.45, 7) is 6.06. The van der Waals surface area contributed by atoms with Gasteiger partial charge in [0.25, 0.3) is 5.91 Å². The smallest absolute Gasteiger partial charge is 0.311 e. The number of hydrogen-bond donors (Lipinski definition) is 1. The van der Waals surface area contributed by atoms with Crippen molar-refractivity contribution in [3.8, 4) is 11.5 Å². The van der Waals surface area contributed by atoms with Gasteiger partial charge in [-0.15, -0.1) is 0 Å². The molecule has 0 spiro atoms. The Morgan fingerprint density at radius 1 is 1.37 bits per heavy atom. The molecule has 2 atom stereocenters. The lowest BCUT2D eigenvalue weighted by Gasteiger charge is -2.33. The molecule has 0 saturated carbocycles. The Morgan fingerprint density at radius 3 is 2.78 bits per heavy atom. The van der Waals surface area contributed by atoms with Crippen LogP contribution in [0.25, 0.3) is 0 Å². The molecule has 1 aromatic rings. The van der Waals surface area contributed by atoms with E-state index < -0.39 is 11.4 Å². The molecule has 3 rings (SSSR count). The molecule has 2 fully saturated rings. The van der Waals surface area contributed by atoms with Crippen LogP contribution in [0.2, 0.25) is 0 Å². The van der Waals surface area contributed by atoms with E-state index >= 15 is 0 Å². The summed E-state index contributed by atoms with van der Waals surface area (Å²) in [5.41, 5.74) is -0.443. The van der Waals surface area contributed by atoms with E-state index in [-0.39, 0.29) is 18.4 Å². The van der Waals surface area contributed by atoms with Crippen LogP contribution < -0.4 is 9.47 Å². The van der Waals surface area contributed by atoms with Crippen molar-refractivity contribution in [2.45, 2.75) is 20.3 Å². The fourth-order valence-corrected chi connectivity index (χ4v) is 3.81. The van der Waals surface area contributed by atoms with Gasteiger partial charge in [0, 0.05) is 31.2 Å². The zero-order valence-corrected chi connectivity index (χ0v) is 16.1. The lowest BCUT2D eigenvalue weighted by molar-refractivity contribution is -0.157. The summed E-state index contributed by atoms with van der Waals surface area (Å²) in [7, 11) is 1.53. The molecule has 0 unspecified atom stereocenters. The number of amides is 1. The van der Waals surface area contributed by atoms with E-state index in [0.717, 1.165) is 0 Å². The van der Waals surface area contributed by atoms with Crippen LogP contribution in [0.3, 0.4) is 0 Å². The van der Waals surface area contributed by atoms with Gasteiger partial charge in [0.15, 0.2) is 11.5 Å². The second-order valence-electron chi connectivity index (χ2n) is 7.74. The van der Waals surface area contributed by atoms with E-state index in [1.165, 1.54) is 7.11 Å². The van der Waals surface area contributed by atoms with Crippen molar-refractivity contribution in [2.24, 2.45) is 17.3 Å². The maximum Gasteiger partial charge on any atom is 0.311 e. The average molecular weight is 377 g/mol. The summed E-state index contributed by atoms with van der Waals surface area (Å²) < 4.78 is 16.6. The van der Waals surface area contributed by atoms with Crippen LogP contribution in [-0.2, 0) is 9.53 Å². The van der Waals surface area contributed by atoms with E-state index in [9.17, 15) is 14.7 Å². The van der Waals surface area contributed by atoms with Gasteiger partial charge in [-0.05, 0) is 30.5 Å². The Morgan fingerprint density at radius 2 is 2.15 bits per heavy atom. The maximum atomic E-state index is 13.0. The Bertz CT molecular complexity index is 718. The molecule has 1 N–H and O–H groups in total. The van der Waals surface area contributed by atoms with Crippen molar-refractivity contribution < 1.29 is 28.9 Å². The van der Waals surface area contributed by atoms with Gasteiger partial charge >= 0.3 is 5.97 Å². The summed E-state index contributed by atoms with van der Waals surface area (Å²) >= 11 is 0. The van der Waals surface area contributed by atoms with E-state index in [1.54, 1.807) is 23.1 Å². The first-order valence-electron chi connectivity index (χ1n) is 9.28. The van der Waals surface area contributed by atoms with Crippen LogP contribution in [0.5, 0.6) is 11.5 Å². The molecule has 2 heterocycles. The van der Waals surface area contributed by atoms with Crippen molar-refractivity contribution in [3.63, 3.8) is 0 Å². The van der Waals surface area contributed by atoms with E-state index in [4.69, 9.17) is 14.2 Å². The number of carbonyl (C=O) groups is 2. The van der Waals surface area contributed by atoms with Gasteiger partial charge in [-0.3, -0.25) is 9.59 Å². The summed E-state index contributed by atoms with van der Waals surface area (Å²) in [5.74, 6) is 0.240. The minimum Gasteiger partial charge on any atom is -0.493 e. The van der Waals surface area contributed by atoms with Gasteiger partial charge in [0.05, 0.1) is 25.7 Å². The van der Waals surface area contributed by atoms with E-state index in [0.29, 0.717) is 55.8 Å². The van der Waals surface area contributed by atoms with Gasteiger partial charge in [-0.25, -0.2) is 0 Å². The summed E-state index contributed by atoms with van der Waals surface area (Å²) in [6, 6.07) is 5.09. The summed E-state index contributed by atoms with van der Waals surface area (Å²) in [5, 5.41) is 9.76. The van der Waals surface area contributed by atoms with Gasteiger partial charge in [-0.1, -0.05) is 13.8 Å². The van der Waals surface area contributed by atoms with Crippen LogP contribution in [0.4, 0.5) is 0 Å². The molecule has 0 aliphatic carbocycles. The molecule has 1 amide bonds. The summed E-state index contributed by atoms with van der Waals surface area (Å²) in [6.07, 6.45) is 0.433. The third-order valence-electron chi connectivity index (χ3n) is 5.40. The number of fused-ring (bicyclic) bond motifs is 1. The second-order valence-corrected chi connectivity index (χ2v) is 7.74. The van der Waals surface area contributed by atoms with Crippen molar-refractivity contribution in [3.05, 3.63) is 23.8 Å². The van der Waals surface area contributed by atoms with Crippen LogP contribution in [-0.4, -0.2) is 61.9 Å². The predicted molar refractivity (Wildman–Crippen MR) is 98.2 cm³/mol. The third-order valence-corrected chi connectivity index (χ3v) is 5.40. The minimum absolute atomic E-state index is 0.178. The number of benzene rings is 1. The SMILES string of the molecule is COc1cc(C(=O)N2C[C@H]3COCC[C@@]3(C(=O)O)C2)ccc1OCC(C)C. The number of carbonyl (C=O) groups excluding carboxylic acids is 1. The molecule has 27 heavy (non-hydrogen) atoms. The highest BCUT2D eigenvalue weighted by Gasteiger charge is 2.54. The molecular formula is C20H27NO6. The molecule has 0 radical (unpaired) electrons. The van der Waals surface area contributed by atoms with Gasteiger partial charge in [0.2, 0.25) is 0 Å². The monoisotopic (exact) mass is 377 g/mol. The first kappa shape index (κ1) is 19.5. The fraction of sp³-hybridized carbons (Fsp3) is 0.600. The molecule has 7 nitrogen and oxygen atoms in total. The molecular weight excluding hydrogens is 350 g/mol. The lowest BCUT2D eigenvalue weighted by Crippen LogP contribution is -2.45. The standard InChI is InChI=1S/C20H27NO6/c1-13(2)10-27-16-5-4-14(8-17(16)25-3)18(22)21-9-15-11-26-7-6-20(15,12-21)19(23)24/h4-5,8,13,15H,6-7,9-12H2,1-3H3,(H,23,24)/t15-,20+/m0/s1. The number of nitrogens with zero attached hydrogens (tertiary/aromatic N) is 1. The average Bonchev–Trinajstić information content (AvgIpc) is 3.06. The largest absolute Gasteiger partial charge is 0.493 e. The Kier molecular flexibility index (Phi) is 5.60. The van der Waals surface area contributed by atoms with Crippen LogP contribution in [0.1, 0.15) is 30.6 Å². The quantitative estimate of drug-likeness (QED) is 0.819. The highest BCUT2D eigenvalue weighted by molar-refractivity contribution is 5.95. The van der Waals surface area contributed by atoms with Crippen LogP contribution in [0, 0.1) is 17.3 Å². The van der Waals surface area contributed by atoms with Gasteiger partial charge in [0.1, 0.15) is 0 Å². The van der Waals surface area contributed by atoms with Gasteiger partial charge < -0.3 is 24.2 Å². The van der Waals surface area contributed by atoms with Crippen molar-refractivity contribution in [1.82, 2.24) is 4.90 Å².